The Hall–Kier alpha value is -2.49. The van der Waals surface area contributed by atoms with E-state index in [0.717, 1.165) is 10.9 Å². The molecule has 1 N–H and O–H groups in total. The van der Waals surface area contributed by atoms with Crippen LogP contribution in [0.1, 0.15) is 0 Å². The molecule has 1 aromatic heterocycles. The van der Waals surface area contributed by atoms with E-state index in [1.165, 1.54) is 5.39 Å². The number of hydrogen-bond donors (Lipinski definition) is 1. The van der Waals surface area contributed by atoms with Crippen molar-refractivity contribution in [3.63, 3.8) is 0 Å². The minimum absolute atomic E-state index is 0.638. The fourth-order valence-corrected chi connectivity index (χ4v) is 1.96. The van der Waals surface area contributed by atoms with Crippen LogP contribution < -0.4 is 5.32 Å². The number of nitrogens with one attached hydrogen (secondary N) is 1. The quantitative estimate of drug-likeness (QED) is 0.743. The number of rotatable bonds is 2. The number of nitrogens with zero attached hydrogens (tertiary/aromatic N) is 3. The van der Waals surface area contributed by atoms with Crippen LogP contribution in [0, 0.1) is 0 Å². The predicted octanol–water partition coefficient (Wildman–Crippen LogP) is 2.73. The van der Waals surface area contributed by atoms with Gasteiger partial charge in [0.05, 0.1) is 6.20 Å². The average Bonchev–Trinajstić information content (AvgIpc) is 2.47. The molecule has 2 aromatic carbocycles. The van der Waals surface area contributed by atoms with E-state index < -0.39 is 0 Å². The molecular formula is C14H12N4. The number of anilines is 1. The molecule has 3 rings (SSSR count). The van der Waals surface area contributed by atoms with Crippen molar-refractivity contribution in [2.45, 2.75) is 0 Å². The van der Waals surface area contributed by atoms with Gasteiger partial charge < -0.3 is 5.32 Å². The molecule has 0 bridgehead atoms. The molecule has 1 heterocycles. The number of hydrogen-bond acceptors (Lipinski definition) is 4. The topological polar surface area (TPSA) is 50.7 Å². The fourth-order valence-electron chi connectivity index (χ4n) is 1.96. The van der Waals surface area contributed by atoms with E-state index in [2.05, 4.69) is 38.7 Å². The van der Waals surface area contributed by atoms with Crippen molar-refractivity contribution in [3.8, 4) is 11.4 Å². The van der Waals surface area contributed by atoms with Crippen LogP contribution in [0.3, 0.4) is 0 Å². The summed E-state index contributed by atoms with van der Waals surface area (Å²) in [6, 6.07) is 14.3. The first-order valence-electron chi connectivity index (χ1n) is 5.74. The minimum atomic E-state index is 0.638. The first kappa shape index (κ1) is 10.7. The molecule has 0 amide bonds. The molecule has 0 unspecified atom stereocenters. The molecule has 0 radical (unpaired) electrons. The van der Waals surface area contributed by atoms with Crippen molar-refractivity contribution in [2.75, 3.05) is 12.4 Å². The van der Waals surface area contributed by atoms with E-state index in [9.17, 15) is 0 Å². The van der Waals surface area contributed by atoms with Crippen LogP contribution in [0.2, 0.25) is 0 Å². The summed E-state index contributed by atoms with van der Waals surface area (Å²) in [5.74, 6) is 1.35. The molecule has 0 aliphatic rings. The van der Waals surface area contributed by atoms with Crippen LogP contribution in [0.25, 0.3) is 22.2 Å². The maximum atomic E-state index is 4.43. The molecule has 4 heteroatoms. The van der Waals surface area contributed by atoms with E-state index in [-0.39, 0.29) is 0 Å². The largest absolute Gasteiger partial charge is 0.372 e. The van der Waals surface area contributed by atoms with Gasteiger partial charge in [0.25, 0.3) is 0 Å². The van der Waals surface area contributed by atoms with Gasteiger partial charge in [0, 0.05) is 12.6 Å². The molecule has 0 saturated heterocycles. The molecular weight excluding hydrogens is 224 g/mol. The Morgan fingerprint density at radius 3 is 2.72 bits per heavy atom. The van der Waals surface area contributed by atoms with E-state index in [0.29, 0.717) is 11.6 Å². The van der Waals surface area contributed by atoms with Gasteiger partial charge in [0.1, 0.15) is 5.82 Å². The summed E-state index contributed by atoms with van der Waals surface area (Å²) in [6.45, 7) is 0. The highest BCUT2D eigenvalue weighted by Gasteiger charge is 2.07. The Balaban J connectivity index is 2.24. The van der Waals surface area contributed by atoms with Crippen molar-refractivity contribution in [2.24, 2.45) is 0 Å². The monoisotopic (exact) mass is 236 g/mol. The van der Waals surface area contributed by atoms with Gasteiger partial charge in [0.15, 0.2) is 5.82 Å². The van der Waals surface area contributed by atoms with Gasteiger partial charge in [0.2, 0.25) is 0 Å². The second-order valence-electron chi connectivity index (χ2n) is 3.94. The summed E-state index contributed by atoms with van der Waals surface area (Å²) in [5, 5.41) is 13.4. The molecule has 18 heavy (non-hydrogen) atoms. The highest BCUT2D eigenvalue weighted by Crippen LogP contribution is 2.25. The third kappa shape index (κ3) is 1.78. The second kappa shape index (κ2) is 4.41. The lowest BCUT2D eigenvalue weighted by molar-refractivity contribution is 0.983. The summed E-state index contributed by atoms with van der Waals surface area (Å²) in [7, 11) is 1.82. The zero-order chi connectivity index (χ0) is 12.4. The summed E-state index contributed by atoms with van der Waals surface area (Å²) in [4.78, 5) is 4.43. The van der Waals surface area contributed by atoms with Gasteiger partial charge in [-0.15, -0.1) is 5.10 Å². The van der Waals surface area contributed by atoms with Crippen LogP contribution in [0.4, 0.5) is 5.82 Å². The molecule has 0 atom stereocenters. The summed E-state index contributed by atoms with van der Waals surface area (Å²) < 4.78 is 0. The van der Waals surface area contributed by atoms with Gasteiger partial charge in [-0.05, 0) is 10.8 Å². The number of aromatic nitrogens is 3. The van der Waals surface area contributed by atoms with Gasteiger partial charge in [-0.3, -0.25) is 0 Å². The van der Waals surface area contributed by atoms with Crippen LogP contribution in [0.5, 0.6) is 0 Å². The lowest BCUT2D eigenvalue weighted by atomic mass is 10.0. The summed E-state index contributed by atoms with van der Waals surface area (Å²) in [6.07, 6.45) is 1.61. The van der Waals surface area contributed by atoms with E-state index in [1.54, 1.807) is 6.20 Å². The smallest absolute Gasteiger partial charge is 0.184 e. The normalized spacial score (nSPS) is 10.5. The molecule has 0 saturated carbocycles. The predicted molar refractivity (Wildman–Crippen MR) is 72.3 cm³/mol. The standard InChI is InChI=1S/C14H12N4/c1-15-13-9-16-18-14(17-13)12-8-4-6-10-5-2-3-7-11(10)12/h2-9H,1H3,(H,15,17,18). The maximum Gasteiger partial charge on any atom is 0.184 e. The Kier molecular flexibility index (Phi) is 2.61. The van der Waals surface area contributed by atoms with E-state index in [4.69, 9.17) is 0 Å². The fraction of sp³-hybridized carbons (Fsp3) is 0.0714. The van der Waals surface area contributed by atoms with Crippen molar-refractivity contribution in [3.05, 3.63) is 48.7 Å². The maximum absolute atomic E-state index is 4.43. The van der Waals surface area contributed by atoms with Gasteiger partial charge in [-0.1, -0.05) is 42.5 Å². The lowest BCUT2D eigenvalue weighted by Crippen LogP contribution is -1.98. The first-order chi connectivity index (χ1) is 8.88. The zero-order valence-electron chi connectivity index (χ0n) is 9.96. The van der Waals surface area contributed by atoms with Gasteiger partial charge in [-0.25, -0.2) is 4.98 Å². The van der Waals surface area contributed by atoms with Crippen molar-refractivity contribution in [1.82, 2.24) is 15.2 Å². The molecule has 88 valence electrons. The van der Waals surface area contributed by atoms with Crippen molar-refractivity contribution >= 4 is 16.6 Å². The van der Waals surface area contributed by atoms with Crippen LogP contribution in [0.15, 0.2) is 48.7 Å². The SMILES string of the molecule is CNc1cnnc(-c2cccc3ccccc23)n1. The molecule has 0 spiro atoms. The average molecular weight is 236 g/mol. The van der Waals surface area contributed by atoms with Gasteiger partial charge >= 0.3 is 0 Å². The van der Waals surface area contributed by atoms with Crippen LogP contribution >= 0.6 is 0 Å². The van der Waals surface area contributed by atoms with Crippen molar-refractivity contribution in [1.29, 1.82) is 0 Å². The third-order valence-corrected chi connectivity index (χ3v) is 2.85. The molecule has 0 fully saturated rings. The van der Waals surface area contributed by atoms with Gasteiger partial charge in [-0.2, -0.15) is 5.10 Å². The Morgan fingerprint density at radius 1 is 1.00 bits per heavy atom. The molecule has 0 aliphatic carbocycles. The van der Waals surface area contributed by atoms with E-state index in [1.807, 2.05) is 31.3 Å². The second-order valence-corrected chi connectivity index (χ2v) is 3.94. The minimum Gasteiger partial charge on any atom is -0.372 e. The van der Waals surface area contributed by atoms with E-state index >= 15 is 0 Å². The highest BCUT2D eigenvalue weighted by atomic mass is 15.2. The van der Waals surface area contributed by atoms with Crippen molar-refractivity contribution < 1.29 is 0 Å². The Bertz CT molecular complexity index is 689. The number of fused-ring (bicyclic) bond motifs is 1. The highest BCUT2D eigenvalue weighted by molar-refractivity contribution is 5.95. The third-order valence-electron chi connectivity index (χ3n) is 2.85. The lowest BCUT2D eigenvalue weighted by Gasteiger charge is -2.05. The molecule has 0 aliphatic heterocycles. The Labute approximate surface area is 105 Å². The van der Waals surface area contributed by atoms with Crippen LogP contribution in [-0.4, -0.2) is 22.2 Å². The number of benzene rings is 2. The first-order valence-corrected chi connectivity index (χ1v) is 5.74. The molecule has 4 nitrogen and oxygen atoms in total. The van der Waals surface area contributed by atoms with Crippen LogP contribution in [-0.2, 0) is 0 Å². The summed E-state index contributed by atoms with van der Waals surface area (Å²) in [5.41, 5.74) is 0.998. The molecule has 3 aromatic rings. The summed E-state index contributed by atoms with van der Waals surface area (Å²) >= 11 is 0. The Morgan fingerprint density at radius 2 is 1.83 bits per heavy atom. The zero-order valence-corrected chi connectivity index (χ0v) is 9.96.